The van der Waals surface area contributed by atoms with Gasteiger partial charge in [0.25, 0.3) is 0 Å². The molecule has 0 bridgehead atoms. The number of esters is 1. The van der Waals surface area contributed by atoms with E-state index in [1.54, 1.807) is 36.4 Å². The summed E-state index contributed by atoms with van der Waals surface area (Å²) in [5.41, 5.74) is 15.1. The first-order valence-electron chi connectivity index (χ1n) is 9.05. The maximum Gasteiger partial charge on any atom is 0.343 e. The maximum atomic E-state index is 13.1. The summed E-state index contributed by atoms with van der Waals surface area (Å²) in [5.74, 6) is -0.679. The fraction of sp³-hybridized carbons (Fsp3) is 0.130. The highest BCUT2D eigenvalue weighted by Crippen LogP contribution is 2.26. The molecule has 29 heavy (non-hydrogen) atoms. The van der Waals surface area contributed by atoms with E-state index in [1.165, 1.54) is 12.1 Å². The fourth-order valence-electron chi connectivity index (χ4n) is 2.93. The number of nitrogens with zero attached hydrogens (tertiary/aromatic N) is 1. The van der Waals surface area contributed by atoms with Crippen molar-refractivity contribution < 1.29 is 14.3 Å². The van der Waals surface area contributed by atoms with Crippen molar-refractivity contribution >= 4 is 28.8 Å². The van der Waals surface area contributed by atoms with Gasteiger partial charge < -0.3 is 21.1 Å². The Morgan fingerprint density at radius 1 is 0.828 bits per heavy atom. The van der Waals surface area contributed by atoms with Crippen LogP contribution in [0.15, 0.2) is 60.7 Å². The molecule has 6 nitrogen and oxygen atoms in total. The number of hydrogen-bond donors (Lipinski definition) is 2. The zero-order chi connectivity index (χ0) is 21.1. The lowest BCUT2D eigenvalue weighted by atomic mass is 10.00. The number of aryl methyl sites for hydroxylation is 1. The van der Waals surface area contributed by atoms with Crippen molar-refractivity contribution in [2.45, 2.75) is 6.92 Å². The number of benzene rings is 3. The number of nitrogen functional groups attached to an aromatic ring is 2. The zero-order valence-electron chi connectivity index (χ0n) is 16.6. The second-order valence-corrected chi connectivity index (χ2v) is 7.05. The zero-order valence-corrected chi connectivity index (χ0v) is 16.6. The van der Waals surface area contributed by atoms with Crippen molar-refractivity contribution in [3.8, 4) is 5.75 Å². The number of rotatable bonds is 5. The highest BCUT2D eigenvalue weighted by molar-refractivity contribution is 6.11. The van der Waals surface area contributed by atoms with Gasteiger partial charge >= 0.3 is 5.97 Å². The smallest absolute Gasteiger partial charge is 0.343 e. The summed E-state index contributed by atoms with van der Waals surface area (Å²) < 4.78 is 5.52. The third kappa shape index (κ3) is 4.55. The molecule has 0 fully saturated rings. The van der Waals surface area contributed by atoms with Crippen molar-refractivity contribution in [1.29, 1.82) is 0 Å². The Balaban J connectivity index is 1.93. The molecule has 0 aliphatic rings. The second kappa shape index (κ2) is 8.06. The van der Waals surface area contributed by atoms with Gasteiger partial charge in [0, 0.05) is 36.7 Å². The first-order chi connectivity index (χ1) is 13.7. The van der Waals surface area contributed by atoms with Gasteiger partial charge in [-0.15, -0.1) is 0 Å². The lowest BCUT2D eigenvalue weighted by molar-refractivity contribution is 0.0733. The van der Waals surface area contributed by atoms with E-state index in [4.69, 9.17) is 16.2 Å². The van der Waals surface area contributed by atoms with E-state index in [9.17, 15) is 9.59 Å². The number of nitrogens with two attached hydrogens (primary N) is 2. The van der Waals surface area contributed by atoms with Crippen molar-refractivity contribution in [3.63, 3.8) is 0 Å². The molecule has 4 N–H and O–H groups in total. The van der Waals surface area contributed by atoms with Crippen LogP contribution in [0.5, 0.6) is 5.75 Å². The number of hydrogen-bond acceptors (Lipinski definition) is 6. The minimum atomic E-state index is -0.634. The Morgan fingerprint density at radius 2 is 1.45 bits per heavy atom. The molecule has 0 aliphatic carbocycles. The SMILES string of the molecule is Cc1ccc(OC(=O)c2cc(N)cc(N)c2)c(C(=O)c2ccc(N(C)C)cc2)c1. The Hall–Kier alpha value is -3.80. The molecule has 0 saturated carbocycles. The van der Waals surface area contributed by atoms with Gasteiger partial charge in [-0.05, 0) is 61.5 Å². The molecule has 0 spiro atoms. The minimum Gasteiger partial charge on any atom is -0.422 e. The summed E-state index contributed by atoms with van der Waals surface area (Å²) in [7, 11) is 3.86. The topological polar surface area (TPSA) is 98.6 Å². The molecule has 3 aromatic carbocycles. The van der Waals surface area contributed by atoms with Gasteiger partial charge in [0.2, 0.25) is 0 Å². The summed E-state index contributed by atoms with van der Waals surface area (Å²) in [4.78, 5) is 27.6. The molecule has 0 aliphatic heterocycles. The highest BCUT2D eigenvalue weighted by atomic mass is 16.5. The Kier molecular flexibility index (Phi) is 5.54. The highest BCUT2D eigenvalue weighted by Gasteiger charge is 2.19. The average Bonchev–Trinajstić information content (AvgIpc) is 2.68. The van der Waals surface area contributed by atoms with Crippen LogP contribution in [0.1, 0.15) is 31.8 Å². The van der Waals surface area contributed by atoms with Crippen LogP contribution < -0.4 is 21.1 Å². The maximum absolute atomic E-state index is 13.1. The van der Waals surface area contributed by atoms with Crippen LogP contribution in [0.3, 0.4) is 0 Å². The first-order valence-corrected chi connectivity index (χ1v) is 9.05. The number of ketones is 1. The number of carbonyl (C=O) groups excluding carboxylic acids is 2. The van der Waals surface area contributed by atoms with Crippen LogP contribution in [0.2, 0.25) is 0 Å². The summed E-state index contributed by atoms with van der Waals surface area (Å²) in [6, 6.07) is 16.9. The molecular weight excluding hydrogens is 366 g/mol. The van der Waals surface area contributed by atoms with Crippen molar-refractivity contribution in [2.24, 2.45) is 0 Å². The quantitative estimate of drug-likeness (QED) is 0.299. The van der Waals surface area contributed by atoms with Gasteiger partial charge in [-0.2, -0.15) is 0 Å². The lowest BCUT2D eigenvalue weighted by Gasteiger charge is -2.14. The number of carbonyl (C=O) groups is 2. The van der Waals surface area contributed by atoms with Crippen LogP contribution in [-0.4, -0.2) is 25.8 Å². The average molecular weight is 389 g/mol. The van der Waals surface area contributed by atoms with E-state index in [2.05, 4.69) is 0 Å². The third-order valence-electron chi connectivity index (χ3n) is 4.44. The lowest BCUT2D eigenvalue weighted by Crippen LogP contribution is -2.13. The molecule has 148 valence electrons. The molecule has 0 radical (unpaired) electrons. The molecule has 0 amide bonds. The third-order valence-corrected chi connectivity index (χ3v) is 4.44. The van der Waals surface area contributed by atoms with E-state index >= 15 is 0 Å². The summed E-state index contributed by atoms with van der Waals surface area (Å²) in [5, 5.41) is 0. The van der Waals surface area contributed by atoms with Crippen LogP contribution in [0, 0.1) is 6.92 Å². The van der Waals surface area contributed by atoms with Gasteiger partial charge in [-0.25, -0.2) is 4.79 Å². The summed E-state index contributed by atoms with van der Waals surface area (Å²) >= 11 is 0. The standard InChI is InChI=1S/C23H23N3O3/c1-14-4-9-21(29-23(28)16-11-17(24)13-18(25)12-16)20(10-14)22(27)15-5-7-19(8-6-15)26(2)3/h4-13H,24-25H2,1-3H3. The summed E-state index contributed by atoms with van der Waals surface area (Å²) in [6.45, 7) is 1.87. The normalized spacial score (nSPS) is 10.4. The molecule has 0 aromatic heterocycles. The Labute approximate surface area is 169 Å². The predicted octanol–water partition coefficient (Wildman–Crippen LogP) is 3.68. The van der Waals surface area contributed by atoms with Gasteiger partial charge in [0.15, 0.2) is 5.78 Å². The van der Waals surface area contributed by atoms with Crippen molar-refractivity contribution in [2.75, 3.05) is 30.5 Å². The molecule has 0 unspecified atom stereocenters. The van der Waals surface area contributed by atoms with Gasteiger partial charge in [0.1, 0.15) is 5.75 Å². The van der Waals surface area contributed by atoms with Gasteiger partial charge in [-0.1, -0.05) is 11.6 Å². The van der Waals surface area contributed by atoms with Crippen molar-refractivity contribution in [3.05, 3.63) is 82.9 Å². The van der Waals surface area contributed by atoms with Crippen LogP contribution in [0.4, 0.5) is 17.1 Å². The van der Waals surface area contributed by atoms with E-state index in [0.717, 1.165) is 11.3 Å². The Bertz CT molecular complexity index is 1050. The molecule has 3 rings (SSSR count). The number of anilines is 3. The molecule has 0 heterocycles. The molecule has 0 atom stereocenters. The minimum absolute atomic E-state index is 0.184. The molecule has 0 saturated heterocycles. The fourth-order valence-corrected chi connectivity index (χ4v) is 2.93. The monoisotopic (exact) mass is 389 g/mol. The van der Waals surface area contributed by atoms with Crippen LogP contribution >= 0.6 is 0 Å². The van der Waals surface area contributed by atoms with Gasteiger partial charge in [0.05, 0.1) is 11.1 Å². The first kappa shape index (κ1) is 19.9. The van der Waals surface area contributed by atoms with Gasteiger partial charge in [-0.3, -0.25) is 4.79 Å². The predicted molar refractivity (Wildman–Crippen MR) is 116 cm³/mol. The molecule has 6 heteroatoms. The van der Waals surface area contributed by atoms with Crippen LogP contribution in [-0.2, 0) is 0 Å². The largest absolute Gasteiger partial charge is 0.422 e. The van der Waals surface area contributed by atoms with E-state index in [1.807, 2.05) is 38.1 Å². The summed E-state index contributed by atoms with van der Waals surface area (Å²) in [6.07, 6.45) is 0. The van der Waals surface area contributed by atoms with Crippen molar-refractivity contribution in [1.82, 2.24) is 0 Å². The van der Waals surface area contributed by atoms with E-state index in [0.29, 0.717) is 22.5 Å². The number of ether oxygens (including phenoxy) is 1. The molecular formula is C23H23N3O3. The Morgan fingerprint density at radius 3 is 2.03 bits per heavy atom. The second-order valence-electron chi connectivity index (χ2n) is 7.05. The molecule has 3 aromatic rings. The van der Waals surface area contributed by atoms with Crippen LogP contribution in [0.25, 0.3) is 0 Å². The van der Waals surface area contributed by atoms with E-state index in [-0.39, 0.29) is 17.1 Å². The van der Waals surface area contributed by atoms with E-state index < -0.39 is 5.97 Å².